The maximum atomic E-state index is 12.4. The molecule has 1 aliphatic heterocycles. The lowest BCUT2D eigenvalue weighted by atomic mass is 10.2. The first kappa shape index (κ1) is 19.0. The number of sulfonamides is 1. The summed E-state index contributed by atoms with van der Waals surface area (Å²) in [5.74, 6) is 0.272. The van der Waals surface area contributed by atoms with Crippen molar-refractivity contribution in [1.82, 2.24) is 0 Å². The van der Waals surface area contributed by atoms with Crippen molar-refractivity contribution >= 4 is 44.7 Å². The highest BCUT2D eigenvalue weighted by Gasteiger charge is 2.25. The van der Waals surface area contributed by atoms with Crippen LogP contribution in [0.4, 0.5) is 11.4 Å². The highest BCUT2D eigenvalue weighted by molar-refractivity contribution is 7.90. The molecule has 0 unspecified atom stereocenters. The molecule has 2 aromatic rings. The second-order valence-corrected chi connectivity index (χ2v) is 7.53. The predicted molar refractivity (Wildman–Crippen MR) is 102 cm³/mol. The van der Waals surface area contributed by atoms with Gasteiger partial charge < -0.3 is 20.1 Å². The van der Waals surface area contributed by atoms with E-state index in [1.807, 2.05) is 0 Å². The number of hydrogen-bond acceptors (Lipinski definition) is 6. The third-order valence-electron chi connectivity index (χ3n) is 3.75. The molecule has 8 nitrogen and oxygen atoms in total. The van der Waals surface area contributed by atoms with Gasteiger partial charge in [0.15, 0.2) is 0 Å². The van der Waals surface area contributed by atoms with E-state index in [4.69, 9.17) is 21.1 Å². The average Bonchev–Trinajstić information content (AvgIpc) is 2.61. The van der Waals surface area contributed by atoms with E-state index in [9.17, 15) is 13.2 Å². The van der Waals surface area contributed by atoms with Gasteiger partial charge in [0, 0.05) is 6.07 Å². The van der Waals surface area contributed by atoms with Gasteiger partial charge in [0.2, 0.25) is 5.91 Å². The van der Waals surface area contributed by atoms with Crippen LogP contribution in [0.3, 0.4) is 0 Å². The SMILES string of the molecule is COc1cc(OC)c(NC(=O)CC2=NS(=O)(=O)c3ccccc3N2)cc1Cl. The van der Waals surface area contributed by atoms with E-state index in [2.05, 4.69) is 15.0 Å². The molecule has 0 atom stereocenters. The molecule has 0 saturated heterocycles. The molecule has 1 amide bonds. The molecule has 0 aliphatic carbocycles. The summed E-state index contributed by atoms with van der Waals surface area (Å²) < 4.78 is 38.4. The van der Waals surface area contributed by atoms with Crippen molar-refractivity contribution in [2.45, 2.75) is 11.3 Å². The minimum atomic E-state index is -3.86. The number of ether oxygens (including phenoxy) is 2. The summed E-state index contributed by atoms with van der Waals surface area (Å²) in [7, 11) is -0.954. The number of halogens is 1. The summed E-state index contributed by atoms with van der Waals surface area (Å²) in [6, 6.07) is 9.36. The standard InChI is InChI=1S/C17H16ClN3O5S/c1-25-13-8-14(26-2)12(7-10(13)18)20-17(22)9-16-19-11-5-3-4-6-15(11)27(23,24)21-16/h3-8H,9H2,1-2H3,(H,19,21)(H,20,22). The van der Waals surface area contributed by atoms with E-state index in [1.165, 1.54) is 32.4 Å². The molecule has 0 aromatic heterocycles. The lowest BCUT2D eigenvalue weighted by molar-refractivity contribution is -0.115. The average molecular weight is 410 g/mol. The van der Waals surface area contributed by atoms with E-state index >= 15 is 0 Å². The van der Waals surface area contributed by atoms with Crippen molar-refractivity contribution in [2.24, 2.45) is 4.40 Å². The van der Waals surface area contributed by atoms with E-state index in [0.717, 1.165) is 0 Å². The quantitative estimate of drug-likeness (QED) is 0.786. The van der Waals surface area contributed by atoms with Crippen molar-refractivity contribution in [3.05, 3.63) is 41.4 Å². The zero-order chi connectivity index (χ0) is 19.6. The van der Waals surface area contributed by atoms with Gasteiger partial charge in [-0.3, -0.25) is 4.79 Å². The molecule has 0 spiro atoms. The highest BCUT2D eigenvalue weighted by Crippen LogP contribution is 2.36. The van der Waals surface area contributed by atoms with Crippen molar-refractivity contribution in [2.75, 3.05) is 24.9 Å². The molecule has 0 saturated carbocycles. The number of methoxy groups -OCH3 is 2. The Morgan fingerprint density at radius 2 is 1.89 bits per heavy atom. The molecular formula is C17H16ClN3O5S. The van der Waals surface area contributed by atoms with Crippen LogP contribution in [0.2, 0.25) is 5.02 Å². The van der Waals surface area contributed by atoms with Crippen LogP contribution < -0.4 is 20.1 Å². The summed E-state index contributed by atoms with van der Waals surface area (Å²) in [4.78, 5) is 12.4. The number of carbonyl (C=O) groups is 1. The second kappa shape index (κ2) is 7.45. The second-order valence-electron chi connectivity index (χ2n) is 5.55. The fraction of sp³-hybridized carbons (Fsp3) is 0.176. The lowest BCUT2D eigenvalue weighted by Crippen LogP contribution is -2.26. The fourth-order valence-electron chi connectivity index (χ4n) is 2.55. The predicted octanol–water partition coefficient (Wildman–Crippen LogP) is 2.90. The van der Waals surface area contributed by atoms with Gasteiger partial charge in [0.05, 0.1) is 37.0 Å². The summed E-state index contributed by atoms with van der Waals surface area (Å²) >= 11 is 6.08. The maximum Gasteiger partial charge on any atom is 0.286 e. The van der Waals surface area contributed by atoms with Crippen LogP contribution in [0.1, 0.15) is 6.42 Å². The lowest BCUT2D eigenvalue weighted by Gasteiger charge is -2.18. The number of para-hydroxylation sites is 1. The van der Waals surface area contributed by atoms with Crippen LogP contribution in [0, 0.1) is 0 Å². The van der Waals surface area contributed by atoms with Crippen LogP contribution >= 0.6 is 11.6 Å². The van der Waals surface area contributed by atoms with E-state index in [0.29, 0.717) is 27.9 Å². The van der Waals surface area contributed by atoms with Gasteiger partial charge in [0.25, 0.3) is 10.0 Å². The van der Waals surface area contributed by atoms with Crippen LogP contribution in [-0.2, 0) is 14.8 Å². The van der Waals surface area contributed by atoms with Crippen molar-refractivity contribution in [1.29, 1.82) is 0 Å². The molecule has 2 aromatic carbocycles. The fourth-order valence-corrected chi connectivity index (χ4v) is 3.94. The van der Waals surface area contributed by atoms with Crippen LogP contribution in [0.15, 0.2) is 45.7 Å². The molecule has 1 aliphatic rings. The topological polar surface area (TPSA) is 106 Å². The number of fused-ring (bicyclic) bond motifs is 1. The van der Waals surface area contributed by atoms with E-state index < -0.39 is 15.9 Å². The summed E-state index contributed by atoms with van der Waals surface area (Å²) in [5, 5.41) is 5.78. The zero-order valence-electron chi connectivity index (χ0n) is 14.4. The number of rotatable bonds is 5. The Bertz CT molecular complexity index is 1040. The third kappa shape index (κ3) is 3.99. The minimum Gasteiger partial charge on any atom is -0.495 e. The number of hydrogen-bond donors (Lipinski definition) is 2. The first-order valence-electron chi connectivity index (χ1n) is 7.75. The summed E-state index contributed by atoms with van der Waals surface area (Å²) in [6.45, 7) is 0. The van der Waals surface area contributed by atoms with Crippen molar-refractivity contribution in [3.8, 4) is 11.5 Å². The Labute approximate surface area is 161 Å². The zero-order valence-corrected chi connectivity index (χ0v) is 16.0. The molecule has 27 heavy (non-hydrogen) atoms. The van der Waals surface area contributed by atoms with Gasteiger partial charge in [-0.25, -0.2) is 0 Å². The number of carbonyl (C=O) groups excluding carboxylic acids is 1. The van der Waals surface area contributed by atoms with Gasteiger partial charge in [0.1, 0.15) is 22.2 Å². The molecule has 0 fully saturated rings. The Hall–Kier alpha value is -2.78. The monoisotopic (exact) mass is 409 g/mol. The highest BCUT2D eigenvalue weighted by atomic mass is 35.5. The third-order valence-corrected chi connectivity index (χ3v) is 5.42. The van der Waals surface area contributed by atoms with Crippen LogP contribution in [0.25, 0.3) is 0 Å². The molecule has 142 valence electrons. The summed E-state index contributed by atoms with van der Waals surface area (Å²) in [6.07, 6.45) is -0.277. The van der Waals surface area contributed by atoms with Gasteiger partial charge in [-0.15, -0.1) is 4.40 Å². The first-order valence-corrected chi connectivity index (χ1v) is 9.57. The molecule has 0 bridgehead atoms. The van der Waals surface area contributed by atoms with Gasteiger partial charge in [-0.1, -0.05) is 23.7 Å². The number of nitrogens with one attached hydrogen (secondary N) is 2. The largest absolute Gasteiger partial charge is 0.495 e. The van der Waals surface area contributed by atoms with Gasteiger partial charge in [-0.05, 0) is 18.2 Å². The van der Waals surface area contributed by atoms with Crippen molar-refractivity contribution < 1.29 is 22.7 Å². The van der Waals surface area contributed by atoms with E-state index in [-0.39, 0.29) is 17.2 Å². The van der Waals surface area contributed by atoms with Crippen LogP contribution in [-0.4, -0.2) is 34.4 Å². The maximum absolute atomic E-state index is 12.4. The molecule has 0 radical (unpaired) electrons. The minimum absolute atomic E-state index is 0.0183. The smallest absolute Gasteiger partial charge is 0.286 e. The number of amides is 1. The van der Waals surface area contributed by atoms with E-state index in [1.54, 1.807) is 18.2 Å². The number of anilines is 2. The summed E-state index contributed by atoms with van der Waals surface area (Å²) in [5.41, 5.74) is 0.702. The molecule has 3 rings (SSSR count). The number of benzene rings is 2. The van der Waals surface area contributed by atoms with Gasteiger partial charge >= 0.3 is 0 Å². The first-order chi connectivity index (χ1) is 12.8. The molecule has 1 heterocycles. The number of nitrogens with zero attached hydrogens (tertiary/aromatic N) is 1. The van der Waals surface area contributed by atoms with Crippen LogP contribution in [0.5, 0.6) is 11.5 Å². The van der Waals surface area contributed by atoms with Gasteiger partial charge in [-0.2, -0.15) is 8.42 Å². The Balaban J connectivity index is 1.80. The molecule has 2 N–H and O–H groups in total. The molecular weight excluding hydrogens is 394 g/mol. The Morgan fingerprint density at radius 1 is 1.19 bits per heavy atom. The number of amidine groups is 1. The Morgan fingerprint density at radius 3 is 2.59 bits per heavy atom. The molecule has 10 heteroatoms. The normalized spacial score (nSPS) is 14.4. The van der Waals surface area contributed by atoms with Crippen molar-refractivity contribution in [3.63, 3.8) is 0 Å². The Kier molecular flexibility index (Phi) is 5.24.